The van der Waals surface area contributed by atoms with Crippen molar-refractivity contribution in [2.24, 2.45) is 11.7 Å². The van der Waals surface area contributed by atoms with Crippen LogP contribution >= 0.6 is 0 Å². The molecule has 2 aliphatic rings. The molecule has 0 spiro atoms. The number of nitrogens with one attached hydrogen (secondary N) is 1. The summed E-state index contributed by atoms with van der Waals surface area (Å²) in [5.74, 6) is 0.400. The second-order valence-corrected chi connectivity index (χ2v) is 6.49. The number of imide groups is 1. The van der Waals surface area contributed by atoms with Crippen LogP contribution in [0.4, 0.5) is 4.79 Å². The summed E-state index contributed by atoms with van der Waals surface area (Å²) < 4.78 is 0. The van der Waals surface area contributed by atoms with Gasteiger partial charge >= 0.3 is 6.03 Å². The van der Waals surface area contributed by atoms with Gasteiger partial charge in [0.05, 0.1) is 0 Å². The van der Waals surface area contributed by atoms with E-state index >= 15 is 0 Å². The lowest BCUT2D eigenvalue weighted by molar-refractivity contribution is -0.130. The monoisotopic (exact) mass is 282 g/mol. The van der Waals surface area contributed by atoms with Gasteiger partial charge in [-0.25, -0.2) is 4.79 Å². The number of nitrogens with zero attached hydrogens (tertiary/aromatic N) is 2. The fraction of sp³-hybridized carbons (Fsp3) is 0.857. The lowest BCUT2D eigenvalue weighted by Crippen LogP contribution is -2.44. The molecule has 0 aromatic carbocycles. The highest BCUT2D eigenvalue weighted by Gasteiger charge is 2.44. The van der Waals surface area contributed by atoms with Crippen molar-refractivity contribution in [3.63, 3.8) is 0 Å². The average Bonchev–Trinajstić information content (AvgIpc) is 2.92. The molecule has 6 heteroatoms. The van der Waals surface area contributed by atoms with Crippen LogP contribution in [0.3, 0.4) is 0 Å². The summed E-state index contributed by atoms with van der Waals surface area (Å²) in [7, 11) is 2.06. The molecule has 3 amide bonds. The number of rotatable bonds is 5. The van der Waals surface area contributed by atoms with Gasteiger partial charge in [0.1, 0.15) is 5.54 Å². The van der Waals surface area contributed by atoms with Crippen LogP contribution in [0.15, 0.2) is 0 Å². The number of hydrogen-bond acceptors (Lipinski definition) is 4. The van der Waals surface area contributed by atoms with Crippen LogP contribution in [0, 0.1) is 5.92 Å². The summed E-state index contributed by atoms with van der Waals surface area (Å²) in [5.41, 5.74) is 5.03. The van der Waals surface area contributed by atoms with Crippen molar-refractivity contribution in [3.05, 3.63) is 0 Å². The first-order chi connectivity index (χ1) is 9.36. The van der Waals surface area contributed by atoms with Crippen molar-refractivity contribution in [2.45, 2.75) is 44.7 Å². The summed E-state index contributed by atoms with van der Waals surface area (Å²) in [4.78, 5) is 27.5. The van der Waals surface area contributed by atoms with Crippen molar-refractivity contribution in [1.82, 2.24) is 15.1 Å². The zero-order valence-electron chi connectivity index (χ0n) is 12.7. The normalized spacial score (nSPS) is 29.4. The molecule has 0 aromatic rings. The molecule has 1 aliphatic heterocycles. The summed E-state index contributed by atoms with van der Waals surface area (Å²) in [6, 6.07) is 0.198. The Morgan fingerprint density at radius 3 is 2.65 bits per heavy atom. The van der Waals surface area contributed by atoms with E-state index in [2.05, 4.69) is 17.3 Å². The summed E-state index contributed by atoms with van der Waals surface area (Å²) in [6.45, 7) is 5.33. The van der Waals surface area contributed by atoms with Crippen molar-refractivity contribution in [1.29, 1.82) is 0 Å². The van der Waals surface area contributed by atoms with E-state index < -0.39 is 5.54 Å². The Bertz CT molecular complexity index is 397. The zero-order valence-corrected chi connectivity index (χ0v) is 12.7. The third kappa shape index (κ3) is 2.81. The number of amides is 3. The van der Waals surface area contributed by atoms with Crippen molar-refractivity contribution in [3.8, 4) is 0 Å². The van der Waals surface area contributed by atoms with Gasteiger partial charge in [-0.15, -0.1) is 0 Å². The summed E-state index contributed by atoms with van der Waals surface area (Å²) in [6.07, 6.45) is 3.55. The maximum Gasteiger partial charge on any atom is 0.325 e. The van der Waals surface area contributed by atoms with E-state index in [0.29, 0.717) is 31.6 Å². The Balaban J connectivity index is 1.89. The SMILES string of the molecule is CN(CCN1C(=O)NC(C)(C)C1=O)C1CCCC1CN. The third-order valence-corrected chi connectivity index (χ3v) is 4.61. The first-order valence-corrected chi connectivity index (χ1v) is 7.41. The molecule has 1 saturated heterocycles. The second-order valence-electron chi connectivity index (χ2n) is 6.49. The molecule has 1 aliphatic carbocycles. The molecule has 1 heterocycles. The van der Waals surface area contributed by atoms with Gasteiger partial charge in [0.15, 0.2) is 0 Å². The quantitative estimate of drug-likeness (QED) is 0.714. The van der Waals surface area contributed by atoms with Gasteiger partial charge in [-0.2, -0.15) is 0 Å². The Morgan fingerprint density at radius 1 is 1.40 bits per heavy atom. The van der Waals surface area contributed by atoms with Crippen LogP contribution in [0.5, 0.6) is 0 Å². The topological polar surface area (TPSA) is 78.7 Å². The predicted molar refractivity (Wildman–Crippen MR) is 77.1 cm³/mol. The van der Waals surface area contributed by atoms with Crippen LogP contribution in [0.25, 0.3) is 0 Å². The smallest absolute Gasteiger partial charge is 0.325 e. The lowest BCUT2D eigenvalue weighted by atomic mass is 10.0. The Kier molecular flexibility index (Phi) is 4.34. The zero-order chi connectivity index (χ0) is 14.9. The first kappa shape index (κ1) is 15.3. The van der Waals surface area contributed by atoms with Crippen LogP contribution in [0.2, 0.25) is 0 Å². The molecule has 2 unspecified atom stereocenters. The largest absolute Gasteiger partial charge is 0.330 e. The van der Waals surface area contributed by atoms with E-state index in [1.807, 2.05) is 0 Å². The molecular weight excluding hydrogens is 256 g/mol. The number of hydrogen-bond donors (Lipinski definition) is 2. The molecule has 2 fully saturated rings. The van der Waals surface area contributed by atoms with E-state index in [9.17, 15) is 9.59 Å². The average molecular weight is 282 g/mol. The highest BCUT2D eigenvalue weighted by atomic mass is 16.2. The molecule has 2 atom stereocenters. The summed E-state index contributed by atoms with van der Waals surface area (Å²) in [5, 5.41) is 2.71. The number of carbonyl (C=O) groups excluding carboxylic acids is 2. The van der Waals surface area contributed by atoms with Crippen molar-refractivity contribution < 1.29 is 9.59 Å². The fourth-order valence-corrected chi connectivity index (χ4v) is 3.32. The maximum atomic E-state index is 12.1. The van der Waals surface area contributed by atoms with Gasteiger partial charge in [-0.05, 0) is 46.2 Å². The number of carbonyl (C=O) groups is 2. The molecule has 114 valence electrons. The lowest BCUT2D eigenvalue weighted by Gasteiger charge is -2.30. The van der Waals surface area contributed by atoms with Gasteiger partial charge in [-0.1, -0.05) is 6.42 Å². The Hall–Kier alpha value is -1.14. The van der Waals surface area contributed by atoms with Gasteiger partial charge in [0.25, 0.3) is 5.91 Å². The molecule has 3 N–H and O–H groups in total. The van der Waals surface area contributed by atoms with Gasteiger partial charge in [0, 0.05) is 19.1 Å². The third-order valence-electron chi connectivity index (χ3n) is 4.61. The van der Waals surface area contributed by atoms with Crippen molar-refractivity contribution in [2.75, 3.05) is 26.7 Å². The maximum absolute atomic E-state index is 12.1. The van der Waals surface area contributed by atoms with Crippen LogP contribution in [-0.4, -0.2) is 60.0 Å². The molecule has 0 bridgehead atoms. The highest BCUT2D eigenvalue weighted by molar-refractivity contribution is 6.06. The van der Waals surface area contributed by atoms with E-state index in [1.54, 1.807) is 13.8 Å². The number of urea groups is 1. The molecule has 0 radical (unpaired) electrons. The molecule has 20 heavy (non-hydrogen) atoms. The molecule has 0 aromatic heterocycles. The van der Waals surface area contributed by atoms with E-state index in [1.165, 1.54) is 17.7 Å². The standard InChI is InChI=1S/C14H26N4O2/c1-14(2)12(19)18(13(20)16-14)8-7-17(3)11-6-4-5-10(11)9-15/h10-11H,4-9,15H2,1-3H3,(H,16,20). The Labute approximate surface area is 120 Å². The number of nitrogens with two attached hydrogens (primary N) is 1. The molecule has 6 nitrogen and oxygen atoms in total. The van der Waals surface area contributed by atoms with Gasteiger partial charge in [0.2, 0.25) is 0 Å². The minimum absolute atomic E-state index is 0.141. The van der Waals surface area contributed by atoms with Gasteiger partial charge in [-0.3, -0.25) is 9.69 Å². The highest BCUT2D eigenvalue weighted by Crippen LogP contribution is 2.28. The number of likely N-dealkylation sites (N-methyl/N-ethyl adjacent to an activating group) is 1. The van der Waals surface area contributed by atoms with Crippen molar-refractivity contribution >= 4 is 11.9 Å². The molecular formula is C14H26N4O2. The predicted octanol–water partition coefficient (Wildman–Crippen LogP) is 0.376. The van der Waals surface area contributed by atoms with Gasteiger partial charge < -0.3 is 16.0 Å². The minimum atomic E-state index is -0.775. The van der Waals surface area contributed by atoms with E-state index in [0.717, 1.165) is 6.42 Å². The first-order valence-electron chi connectivity index (χ1n) is 7.41. The molecule has 1 saturated carbocycles. The van der Waals surface area contributed by atoms with Crippen LogP contribution in [0.1, 0.15) is 33.1 Å². The second kappa shape index (κ2) is 5.69. The summed E-state index contributed by atoms with van der Waals surface area (Å²) >= 11 is 0. The minimum Gasteiger partial charge on any atom is -0.330 e. The van der Waals surface area contributed by atoms with E-state index in [4.69, 9.17) is 5.73 Å². The van der Waals surface area contributed by atoms with Crippen LogP contribution < -0.4 is 11.1 Å². The Morgan fingerprint density at radius 2 is 2.10 bits per heavy atom. The van der Waals surface area contributed by atoms with Crippen LogP contribution in [-0.2, 0) is 4.79 Å². The van der Waals surface area contributed by atoms with E-state index in [-0.39, 0.29) is 11.9 Å². The molecule has 2 rings (SSSR count). The fourth-order valence-electron chi connectivity index (χ4n) is 3.32.